The number of carbonyl (C=O) groups excluding carboxylic acids is 1. The van der Waals surface area contributed by atoms with E-state index < -0.39 is 0 Å². The fraction of sp³-hybridized carbons (Fsp3) is 0.538. The Morgan fingerprint density at radius 1 is 1.24 bits per heavy atom. The highest BCUT2D eigenvalue weighted by Gasteiger charge is 2.25. The summed E-state index contributed by atoms with van der Waals surface area (Å²) in [6.07, 6.45) is 7.50. The summed E-state index contributed by atoms with van der Waals surface area (Å²) < 4.78 is 0. The van der Waals surface area contributed by atoms with Crippen LogP contribution in [0.15, 0.2) is 24.5 Å². The predicted molar refractivity (Wildman–Crippen MR) is 67.7 cm³/mol. The van der Waals surface area contributed by atoms with Crippen LogP contribution in [0.2, 0.25) is 0 Å². The normalized spacial score (nSPS) is 24.3. The van der Waals surface area contributed by atoms with Gasteiger partial charge in [0.15, 0.2) is 0 Å². The maximum atomic E-state index is 12.0. The van der Waals surface area contributed by atoms with Gasteiger partial charge < -0.3 is 10.6 Å². The number of carbonyl (C=O) groups is 1. The van der Waals surface area contributed by atoms with Gasteiger partial charge in [-0.05, 0) is 44.9 Å². The molecule has 0 unspecified atom stereocenters. The Morgan fingerprint density at radius 2 is 1.88 bits per heavy atom. The van der Waals surface area contributed by atoms with Gasteiger partial charge >= 0.3 is 0 Å². The van der Waals surface area contributed by atoms with Crippen LogP contribution in [-0.2, 0) is 4.79 Å². The van der Waals surface area contributed by atoms with Crippen LogP contribution in [0.1, 0.15) is 25.7 Å². The van der Waals surface area contributed by atoms with Crippen LogP contribution in [0.3, 0.4) is 0 Å². The van der Waals surface area contributed by atoms with E-state index in [0.717, 1.165) is 31.4 Å². The molecule has 0 aromatic carbocycles. The van der Waals surface area contributed by atoms with Gasteiger partial charge in [-0.15, -0.1) is 0 Å². The number of anilines is 1. The molecule has 1 aliphatic rings. The highest BCUT2D eigenvalue weighted by molar-refractivity contribution is 5.92. The van der Waals surface area contributed by atoms with Gasteiger partial charge in [0, 0.05) is 30.0 Å². The van der Waals surface area contributed by atoms with Crippen molar-refractivity contribution in [3.8, 4) is 0 Å². The fourth-order valence-electron chi connectivity index (χ4n) is 2.32. The second-order valence-electron chi connectivity index (χ2n) is 4.56. The minimum absolute atomic E-state index is 0.144. The lowest BCUT2D eigenvalue weighted by molar-refractivity contribution is -0.120. The topological polar surface area (TPSA) is 54.0 Å². The van der Waals surface area contributed by atoms with Crippen molar-refractivity contribution in [3.63, 3.8) is 0 Å². The zero-order valence-corrected chi connectivity index (χ0v) is 10.1. The summed E-state index contributed by atoms with van der Waals surface area (Å²) in [6, 6.07) is 4.22. The Hall–Kier alpha value is -1.42. The third-order valence-corrected chi connectivity index (χ3v) is 3.45. The van der Waals surface area contributed by atoms with Crippen LogP contribution in [0.5, 0.6) is 0 Å². The lowest BCUT2D eigenvalue weighted by Gasteiger charge is -2.27. The first-order valence-electron chi connectivity index (χ1n) is 6.17. The Morgan fingerprint density at radius 3 is 2.47 bits per heavy atom. The average molecular weight is 233 g/mol. The first kappa shape index (κ1) is 12.0. The Kier molecular flexibility index (Phi) is 4.09. The molecule has 4 nitrogen and oxygen atoms in total. The molecule has 1 amide bonds. The van der Waals surface area contributed by atoms with Gasteiger partial charge in [0.05, 0.1) is 0 Å². The summed E-state index contributed by atoms with van der Waals surface area (Å²) >= 11 is 0. The van der Waals surface area contributed by atoms with Crippen molar-refractivity contribution < 1.29 is 4.79 Å². The van der Waals surface area contributed by atoms with Crippen LogP contribution in [0.25, 0.3) is 0 Å². The van der Waals surface area contributed by atoms with E-state index in [4.69, 9.17) is 0 Å². The van der Waals surface area contributed by atoms with Crippen LogP contribution in [0.4, 0.5) is 5.69 Å². The van der Waals surface area contributed by atoms with Crippen molar-refractivity contribution in [1.29, 1.82) is 0 Å². The first-order valence-corrected chi connectivity index (χ1v) is 6.17. The van der Waals surface area contributed by atoms with Gasteiger partial charge in [-0.1, -0.05) is 0 Å². The maximum absolute atomic E-state index is 12.0. The predicted octanol–water partition coefficient (Wildman–Crippen LogP) is 1.80. The standard InChI is InChI=1S/C13H19N3O/c1-14-11-4-2-10(3-5-11)13(17)16-12-6-8-15-9-7-12/h6-11,14H,2-5H2,1H3,(H,15,16,17). The van der Waals surface area contributed by atoms with Gasteiger partial charge in [-0.25, -0.2) is 0 Å². The largest absolute Gasteiger partial charge is 0.326 e. The summed E-state index contributed by atoms with van der Waals surface area (Å²) in [6.45, 7) is 0. The molecule has 4 heteroatoms. The number of hydrogen-bond donors (Lipinski definition) is 2. The lowest BCUT2D eigenvalue weighted by Crippen LogP contribution is -2.34. The number of amides is 1. The highest BCUT2D eigenvalue weighted by Crippen LogP contribution is 2.25. The third-order valence-electron chi connectivity index (χ3n) is 3.45. The van der Waals surface area contributed by atoms with Crippen molar-refractivity contribution in [2.24, 2.45) is 5.92 Å². The van der Waals surface area contributed by atoms with E-state index in [0.29, 0.717) is 6.04 Å². The number of rotatable bonds is 3. The minimum Gasteiger partial charge on any atom is -0.326 e. The maximum Gasteiger partial charge on any atom is 0.227 e. The second-order valence-corrected chi connectivity index (χ2v) is 4.56. The van der Waals surface area contributed by atoms with E-state index in [2.05, 4.69) is 15.6 Å². The lowest BCUT2D eigenvalue weighted by atomic mass is 9.85. The minimum atomic E-state index is 0.144. The summed E-state index contributed by atoms with van der Waals surface area (Å²) in [4.78, 5) is 15.9. The molecule has 17 heavy (non-hydrogen) atoms. The van der Waals surface area contributed by atoms with Crippen molar-refractivity contribution in [2.45, 2.75) is 31.7 Å². The van der Waals surface area contributed by atoms with Crippen molar-refractivity contribution >= 4 is 11.6 Å². The molecule has 0 spiro atoms. The number of nitrogens with one attached hydrogen (secondary N) is 2. The average Bonchev–Trinajstić information content (AvgIpc) is 2.40. The zero-order chi connectivity index (χ0) is 12.1. The van der Waals surface area contributed by atoms with E-state index in [1.165, 1.54) is 0 Å². The Labute approximate surface area is 102 Å². The Balaban J connectivity index is 1.85. The zero-order valence-electron chi connectivity index (χ0n) is 10.1. The van der Waals surface area contributed by atoms with Gasteiger partial charge in [0.25, 0.3) is 0 Å². The van der Waals surface area contributed by atoms with E-state index in [1.54, 1.807) is 12.4 Å². The molecule has 1 aliphatic carbocycles. The van der Waals surface area contributed by atoms with E-state index in [-0.39, 0.29) is 11.8 Å². The fourth-order valence-corrected chi connectivity index (χ4v) is 2.32. The van der Waals surface area contributed by atoms with Gasteiger partial charge in [0.2, 0.25) is 5.91 Å². The summed E-state index contributed by atoms with van der Waals surface area (Å²) in [5.74, 6) is 0.304. The molecule has 1 fully saturated rings. The van der Waals surface area contributed by atoms with E-state index in [9.17, 15) is 4.79 Å². The number of hydrogen-bond acceptors (Lipinski definition) is 3. The molecule has 1 saturated carbocycles. The van der Waals surface area contributed by atoms with Gasteiger partial charge in [-0.2, -0.15) is 0 Å². The molecule has 2 N–H and O–H groups in total. The van der Waals surface area contributed by atoms with E-state index >= 15 is 0 Å². The van der Waals surface area contributed by atoms with Crippen molar-refractivity contribution in [1.82, 2.24) is 10.3 Å². The number of aromatic nitrogens is 1. The first-order chi connectivity index (χ1) is 8.29. The quantitative estimate of drug-likeness (QED) is 0.837. The molecule has 0 radical (unpaired) electrons. The van der Waals surface area contributed by atoms with Crippen LogP contribution < -0.4 is 10.6 Å². The molecule has 0 saturated heterocycles. The molecule has 1 aromatic heterocycles. The molecular formula is C13H19N3O. The van der Waals surface area contributed by atoms with E-state index in [1.807, 2.05) is 19.2 Å². The van der Waals surface area contributed by atoms with Crippen LogP contribution in [-0.4, -0.2) is 24.0 Å². The molecule has 92 valence electrons. The number of nitrogens with zero attached hydrogens (tertiary/aromatic N) is 1. The monoisotopic (exact) mass is 233 g/mol. The number of pyridine rings is 1. The van der Waals surface area contributed by atoms with Crippen LogP contribution >= 0.6 is 0 Å². The molecule has 0 bridgehead atoms. The molecule has 2 rings (SSSR count). The molecular weight excluding hydrogens is 214 g/mol. The Bertz CT molecular complexity index is 358. The van der Waals surface area contributed by atoms with Crippen molar-refractivity contribution in [2.75, 3.05) is 12.4 Å². The molecule has 1 heterocycles. The van der Waals surface area contributed by atoms with Gasteiger partial charge in [0.1, 0.15) is 0 Å². The summed E-state index contributed by atoms with van der Waals surface area (Å²) in [5, 5.41) is 6.22. The molecule has 1 aromatic rings. The molecule has 0 aliphatic heterocycles. The van der Waals surface area contributed by atoms with Gasteiger partial charge in [-0.3, -0.25) is 9.78 Å². The summed E-state index contributed by atoms with van der Waals surface area (Å²) in [5.41, 5.74) is 0.834. The smallest absolute Gasteiger partial charge is 0.227 e. The third kappa shape index (κ3) is 3.27. The van der Waals surface area contributed by atoms with Crippen LogP contribution in [0, 0.1) is 5.92 Å². The highest BCUT2D eigenvalue weighted by atomic mass is 16.1. The SMILES string of the molecule is CNC1CCC(C(=O)Nc2ccncc2)CC1. The molecule has 0 atom stereocenters. The van der Waals surface area contributed by atoms with Crippen molar-refractivity contribution in [3.05, 3.63) is 24.5 Å². The second kappa shape index (κ2) is 5.77. The summed E-state index contributed by atoms with van der Waals surface area (Å²) in [7, 11) is 1.99.